The summed E-state index contributed by atoms with van der Waals surface area (Å²) in [7, 11) is 2.35. The molecule has 0 fully saturated rings. The van der Waals surface area contributed by atoms with Gasteiger partial charge in [0.25, 0.3) is 0 Å². The lowest BCUT2D eigenvalue weighted by Gasteiger charge is -1.71. The number of aromatic nitrogens is 2. The van der Waals surface area contributed by atoms with Crippen LogP contribution in [0.25, 0.3) is 0 Å². The van der Waals surface area contributed by atoms with Crippen LogP contribution in [-0.4, -0.2) is 16.3 Å². The first-order chi connectivity index (χ1) is 3.83. The highest BCUT2D eigenvalue weighted by molar-refractivity contribution is 7.26. The lowest BCUT2D eigenvalue weighted by Crippen LogP contribution is -1.92. The molecular weight excluding hydrogens is 123 g/mol. The van der Waals surface area contributed by atoms with Crippen LogP contribution < -0.4 is 5.57 Å². The lowest BCUT2D eigenvalue weighted by molar-refractivity contribution is 0.111. The van der Waals surface area contributed by atoms with Gasteiger partial charge in [-0.2, -0.15) is 0 Å². The largest absolute Gasteiger partial charge is 0.345 e. The number of hydrogen-bond acceptors (Lipinski definition) is 2. The monoisotopic (exact) mass is 128 g/mol. The first-order valence-electron chi connectivity index (χ1n) is 2.09. The number of rotatable bonds is 1. The second-order valence-electron chi connectivity index (χ2n) is 1.33. The predicted molar refractivity (Wildman–Crippen MR) is 33.3 cm³/mol. The average Bonchev–Trinajstić information content (AvgIpc) is 2.14. The highest BCUT2D eigenvalue weighted by Gasteiger charge is 1.90. The maximum absolute atomic E-state index is 9.93. The quantitative estimate of drug-likeness (QED) is 0.417. The first kappa shape index (κ1) is 5.45. The molecule has 0 aliphatic heterocycles. The van der Waals surface area contributed by atoms with E-state index in [1.807, 2.05) is 0 Å². The van der Waals surface area contributed by atoms with Gasteiger partial charge in [0.1, 0.15) is 11.3 Å². The Bertz CT molecular complexity index is 196. The molecule has 3 nitrogen and oxygen atoms in total. The van der Waals surface area contributed by atoms with Gasteiger partial charge in [-0.3, -0.25) is 4.79 Å². The minimum Gasteiger partial charge on any atom is -0.345 e. The second kappa shape index (κ2) is 2.05. The maximum atomic E-state index is 9.93. The third-order valence-corrected chi connectivity index (χ3v) is 1.03. The Morgan fingerprint density at radius 2 is 2.62 bits per heavy atom. The van der Waals surface area contributed by atoms with E-state index in [2.05, 4.69) is 19.2 Å². The lowest BCUT2D eigenvalue weighted by atomic mass is 10.6. The second-order valence-corrected chi connectivity index (χ2v) is 1.88. The summed E-state index contributed by atoms with van der Waals surface area (Å²) in [4.78, 5) is 16.4. The van der Waals surface area contributed by atoms with Crippen molar-refractivity contribution in [2.75, 3.05) is 0 Å². The summed E-state index contributed by atoms with van der Waals surface area (Å²) >= 11 is 0. The topological polar surface area (TPSA) is 45.8 Å². The zero-order chi connectivity index (χ0) is 5.98. The molecule has 0 spiro atoms. The molecule has 0 aromatic carbocycles. The van der Waals surface area contributed by atoms with E-state index in [1.165, 1.54) is 0 Å². The third-order valence-electron chi connectivity index (χ3n) is 0.738. The Kier molecular flexibility index (Phi) is 1.40. The molecule has 8 heavy (non-hydrogen) atoms. The number of carbonyl (C=O) groups excluding carboxylic acids is 1. The Morgan fingerprint density at radius 1 is 1.88 bits per heavy atom. The summed E-state index contributed by atoms with van der Waals surface area (Å²) in [5, 5.41) is 0. The Morgan fingerprint density at radius 3 is 2.88 bits per heavy atom. The third kappa shape index (κ3) is 0.928. The molecule has 1 aromatic heterocycles. The van der Waals surface area contributed by atoms with Gasteiger partial charge >= 0.3 is 0 Å². The van der Waals surface area contributed by atoms with Crippen LogP contribution in [0.2, 0.25) is 0 Å². The number of carbonyl (C=O) groups is 1. The van der Waals surface area contributed by atoms with Crippen molar-refractivity contribution in [3.8, 4) is 0 Å². The Labute approximate surface area is 48.7 Å². The fourth-order valence-corrected chi connectivity index (χ4v) is 0.644. The molecule has 42 valence electrons. The molecule has 0 saturated carbocycles. The van der Waals surface area contributed by atoms with Crippen molar-refractivity contribution in [3.05, 3.63) is 11.9 Å². The van der Waals surface area contributed by atoms with E-state index in [4.69, 9.17) is 0 Å². The number of aromatic amines is 1. The van der Waals surface area contributed by atoms with Gasteiger partial charge in [0.05, 0.1) is 0 Å². The van der Waals surface area contributed by atoms with Gasteiger partial charge in [0.2, 0.25) is 0 Å². The molecule has 0 radical (unpaired) electrons. The van der Waals surface area contributed by atoms with Crippen molar-refractivity contribution < 1.29 is 4.79 Å². The molecule has 1 N–H and O–H groups in total. The summed E-state index contributed by atoms with van der Waals surface area (Å²) < 4.78 is 0. The van der Waals surface area contributed by atoms with Gasteiger partial charge < -0.3 is 4.98 Å². The minimum absolute atomic E-state index is 0.440. The Balaban J connectivity index is 3.00. The molecule has 0 bridgehead atoms. The molecule has 0 aliphatic carbocycles. The number of nitrogens with zero attached hydrogens (tertiary/aromatic N) is 1. The molecule has 0 aliphatic rings. The van der Waals surface area contributed by atoms with E-state index < -0.39 is 0 Å². The number of aldehydes is 1. The van der Waals surface area contributed by atoms with Crippen LogP contribution in [0.4, 0.5) is 0 Å². The van der Waals surface area contributed by atoms with Gasteiger partial charge in [0.15, 0.2) is 6.29 Å². The van der Waals surface area contributed by atoms with Crippen LogP contribution in [0.5, 0.6) is 0 Å². The fourth-order valence-electron chi connectivity index (χ4n) is 0.412. The molecule has 4 heteroatoms. The van der Waals surface area contributed by atoms with Gasteiger partial charge in [-0.25, -0.2) is 4.98 Å². The summed E-state index contributed by atoms with van der Waals surface area (Å²) in [6.45, 7) is 0. The van der Waals surface area contributed by atoms with Crippen molar-refractivity contribution >= 4 is 21.1 Å². The molecule has 0 amide bonds. The number of hydrogen-bond donors (Lipinski definition) is 1. The van der Waals surface area contributed by atoms with Gasteiger partial charge in [-0.1, -0.05) is 9.24 Å². The highest BCUT2D eigenvalue weighted by Crippen LogP contribution is 1.84. The molecule has 0 saturated heterocycles. The molecule has 1 heterocycles. The molecule has 1 rings (SSSR count). The smallest absolute Gasteiger partial charge is 0.170 e. The zero-order valence-corrected chi connectivity index (χ0v) is 5.24. The van der Waals surface area contributed by atoms with E-state index in [-0.39, 0.29) is 0 Å². The number of H-pyrrole nitrogens is 1. The van der Waals surface area contributed by atoms with Gasteiger partial charge in [-0.15, -0.1) is 0 Å². The molecule has 1 aromatic rings. The first-order valence-corrected chi connectivity index (χ1v) is 2.66. The van der Waals surface area contributed by atoms with E-state index in [0.717, 1.165) is 0 Å². The van der Waals surface area contributed by atoms with Crippen molar-refractivity contribution in [3.63, 3.8) is 0 Å². The standard InChI is InChI=1S/C4H5N2OP/c7-2-3-1-5-4(8)6-3/h1-2H,8H2,(H,5,6). The van der Waals surface area contributed by atoms with Gasteiger partial charge in [0, 0.05) is 6.20 Å². The highest BCUT2D eigenvalue weighted by atomic mass is 31.0. The SMILES string of the molecule is O=Cc1c[nH]c(P)n1. The van der Waals surface area contributed by atoms with E-state index in [0.29, 0.717) is 17.5 Å². The van der Waals surface area contributed by atoms with Crippen LogP contribution in [0.3, 0.4) is 0 Å². The summed E-state index contributed by atoms with van der Waals surface area (Å²) in [6.07, 6.45) is 2.25. The van der Waals surface area contributed by atoms with E-state index in [9.17, 15) is 4.79 Å². The summed E-state index contributed by atoms with van der Waals surface area (Å²) in [5.41, 5.74) is 1.13. The molecule has 1 atom stereocenters. The zero-order valence-electron chi connectivity index (χ0n) is 4.09. The van der Waals surface area contributed by atoms with Crippen LogP contribution in [0, 0.1) is 0 Å². The number of nitrogens with one attached hydrogen (secondary N) is 1. The molecule has 1 unspecified atom stereocenters. The normalized spacial score (nSPS) is 9.12. The van der Waals surface area contributed by atoms with E-state index >= 15 is 0 Å². The van der Waals surface area contributed by atoms with Crippen LogP contribution >= 0.6 is 9.24 Å². The summed E-state index contributed by atoms with van der Waals surface area (Å²) in [5.74, 6) is 0. The van der Waals surface area contributed by atoms with Crippen LogP contribution in [-0.2, 0) is 0 Å². The number of imidazole rings is 1. The Hall–Kier alpha value is -0.690. The van der Waals surface area contributed by atoms with Crippen LogP contribution in [0.15, 0.2) is 6.20 Å². The average molecular weight is 128 g/mol. The molecular formula is C4H5N2OP. The fraction of sp³-hybridized carbons (Fsp3) is 0. The van der Waals surface area contributed by atoms with Crippen molar-refractivity contribution in [1.29, 1.82) is 0 Å². The summed E-state index contributed by atoms with van der Waals surface area (Å²) in [6, 6.07) is 0. The van der Waals surface area contributed by atoms with Gasteiger partial charge in [-0.05, 0) is 0 Å². The van der Waals surface area contributed by atoms with Crippen molar-refractivity contribution in [2.45, 2.75) is 0 Å². The van der Waals surface area contributed by atoms with Crippen molar-refractivity contribution in [2.24, 2.45) is 0 Å². The van der Waals surface area contributed by atoms with Crippen molar-refractivity contribution in [1.82, 2.24) is 9.97 Å². The van der Waals surface area contributed by atoms with Crippen LogP contribution in [0.1, 0.15) is 10.5 Å². The maximum Gasteiger partial charge on any atom is 0.170 e. The van der Waals surface area contributed by atoms with E-state index in [1.54, 1.807) is 6.20 Å². The predicted octanol–water partition coefficient (Wildman–Crippen LogP) is -0.277. The minimum atomic E-state index is 0.440.